The molecular weight excluding hydrogens is 1730 g/mol. The van der Waals surface area contributed by atoms with Crippen LogP contribution in [0.4, 0.5) is 0 Å². The van der Waals surface area contributed by atoms with Gasteiger partial charge in [0, 0.05) is 50.4 Å². The predicted octanol–water partition coefficient (Wildman–Crippen LogP) is 6.85. The molecule has 604 valence electrons. The molecule has 0 spiro atoms. The van der Waals surface area contributed by atoms with Crippen LogP contribution in [-0.4, -0.2) is 176 Å². The van der Waals surface area contributed by atoms with Gasteiger partial charge in [-0.05, 0) is 150 Å². The maximum atomic E-state index is 12.8. The number of hydrogen-bond acceptors (Lipinski definition) is 18. The van der Waals surface area contributed by atoms with Gasteiger partial charge in [-0.2, -0.15) is 0 Å². The highest BCUT2D eigenvalue weighted by Gasteiger charge is 2.42. The van der Waals surface area contributed by atoms with E-state index in [1.807, 2.05) is 176 Å². The maximum Gasteiger partial charge on any atom is 0.255 e. The number of rotatable bonds is 23. The number of halogens is 4. The van der Waals surface area contributed by atoms with E-state index >= 15 is 0 Å². The summed E-state index contributed by atoms with van der Waals surface area (Å²) >= 11 is 13.4. The summed E-state index contributed by atoms with van der Waals surface area (Å²) in [6, 6.07) is 57.8. The Kier molecular flexibility index (Phi) is 32.4. The van der Waals surface area contributed by atoms with Crippen molar-refractivity contribution in [1.29, 1.82) is 0 Å². The average Bonchev–Trinajstić information content (AvgIpc) is 1.51. The fraction of sp³-hybridized carbons (Fsp3) is 0.333. The molecule has 2 aliphatic heterocycles. The first-order valence-corrected chi connectivity index (χ1v) is 40.0. The minimum absolute atomic E-state index is 0.157. The van der Waals surface area contributed by atoms with Gasteiger partial charge in [0.15, 0.2) is 48.8 Å². The number of carbonyl (C=O) groups excluding carboxylic acids is 8. The van der Waals surface area contributed by atoms with E-state index in [2.05, 4.69) is 95.6 Å². The third-order valence-corrected chi connectivity index (χ3v) is 22.2. The summed E-state index contributed by atoms with van der Waals surface area (Å²) in [5.41, 5.74) is 9.59. The van der Waals surface area contributed by atoms with Gasteiger partial charge in [-0.15, -0.1) is 0 Å². The first-order valence-electron chi connectivity index (χ1n) is 36.8. The third-order valence-electron chi connectivity index (χ3n) is 20.1. The largest absolute Gasteiger partial charge is 0.390 e. The smallest absolute Gasteiger partial charge is 0.255 e. The SMILES string of the molecule is C[C@H](NC(=O)[C@H](O)[C@@H](O)C(=O)N1CCCC1c1ccccc1)c1ccc(Br)cc1.C[C@H](NC(=O)[C@H](O)[C@@H](O)C(=O)N1Cc2ccccc2C1)c1ccc(Br)cc1.C[C@H](NC(=O)[C@H](O)[C@@H](O)C(=O)N[C@@H]1c2ccccc2C[C@@H]1O)c1ccc(Br)cc1.C[C@H](NC(=O)[C@H](O)[C@@H](O)C(=O)N[C@H]1c2ccccc2C[C@H]1O)c1ccc(Br)cc1. The second-order valence-electron chi connectivity index (χ2n) is 28.2. The number of aliphatic hydroxyl groups excluding tert-OH is 10. The van der Waals surface area contributed by atoms with E-state index < -0.39 is 132 Å². The van der Waals surface area contributed by atoms with Crippen molar-refractivity contribution in [3.8, 4) is 0 Å². The van der Waals surface area contributed by atoms with Gasteiger partial charge in [-0.3, -0.25) is 38.4 Å². The van der Waals surface area contributed by atoms with Crippen LogP contribution in [0.25, 0.3) is 0 Å². The van der Waals surface area contributed by atoms with E-state index in [-0.39, 0.29) is 18.1 Å². The summed E-state index contributed by atoms with van der Waals surface area (Å²) < 4.78 is 3.61. The van der Waals surface area contributed by atoms with Crippen LogP contribution >= 0.6 is 63.7 Å². The van der Waals surface area contributed by atoms with Crippen LogP contribution in [0.5, 0.6) is 0 Å². The number of carbonyl (C=O) groups is 8. The molecule has 1 unspecified atom stereocenters. The van der Waals surface area contributed by atoms with Crippen LogP contribution in [0.1, 0.15) is 144 Å². The summed E-state index contributed by atoms with van der Waals surface area (Å²) in [6.07, 6.45) is -14.4. The number of nitrogens with zero attached hydrogens (tertiary/aromatic N) is 2. The van der Waals surface area contributed by atoms with Crippen LogP contribution in [0, 0.1) is 0 Å². The monoisotopic (exact) mass is 1820 g/mol. The van der Waals surface area contributed by atoms with Crippen molar-refractivity contribution in [3.05, 3.63) is 279 Å². The Morgan fingerprint density at radius 2 is 0.632 bits per heavy atom. The molecule has 8 aromatic carbocycles. The third kappa shape index (κ3) is 23.4. The van der Waals surface area contributed by atoms with Crippen LogP contribution in [-0.2, 0) is 64.3 Å². The Morgan fingerprint density at radius 3 is 0.965 bits per heavy atom. The van der Waals surface area contributed by atoms with E-state index in [1.165, 1.54) is 4.90 Å². The van der Waals surface area contributed by atoms with Crippen LogP contribution < -0.4 is 31.9 Å². The lowest BCUT2D eigenvalue weighted by molar-refractivity contribution is -0.154. The van der Waals surface area contributed by atoms with Crippen LogP contribution in [0.15, 0.2) is 218 Å². The highest BCUT2D eigenvalue weighted by molar-refractivity contribution is 9.11. The van der Waals surface area contributed by atoms with Crippen molar-refractivity contribution in [3.63, 3.8) is 0 Å². The number of likely N-dealkylation sites (tertiary alicyclic amines) is 1. The van der Waals surface area contributed by atoms with Crippen molar-refractivity contribution < 1.29 is 89.4 Å². The molecule has 26 nitrogen and oxygen atoms in total. The molecule has 2 heterocycles. The normalized spacial score (nSPS) is 19.5. The van der Waals surface area contributed by atoms with E-state index in [9.17, 15) is 89.4 Å². The zero-order valence-electron chi connectivity index (χ0n) is 62.5. The molecule has 0 saturated carbocycles. The Balaban J connectivity index is 0.000000174. The quantitative estimate of drug-likeness (QED) is 0.0311. The lowest BCUT2D eigenvalue weighted by Crippen LogP contribution is -2.51. The maximum absolute atomic E-state index is 12.8. The first-order chi connectivity index (χ1) is 54.3. The molecule has 16 N–H and O–H groups in total. The molecule has 1 fully saturated rings. The molecule has 17 atom stereocenters. The minimum Gasteiger partial charge on any atom is -0.390 e. The van der Waals surface area contributed by atoms with E-state index in [0.29, 0.717) is 32.5 Å². The summed E-state index contributed by atoms with van der Waals surface area (Å²) in [5, 5.41) is 118. The van der Waals surface area contributed by atoms with E-state index in [0.717, 1.165) is 91.9 Å². The van der Waals surface area contributed by atoms with Crippen molar-refractivity contribution >= 4 is 111 Å². The number of hydrogen-bond donors (Lipinski definition) is 16. The van der Waals surface area contributed by atoms with Crippen molar-refractivity contribution in [2.45, 2.75) is 170 Å². The fourth-order valence-electron chi connectivity index (χ4n) is 13.5. The molecule has 8 amide bonds. The number of amides is 8. The van der Waals surface area contributed by atoms with E-state index in [1.54, 1.807) is 56.9 Å². The average molecular weight is 1820 g/mol. The van der Waals surface area contributed by atoms with E-state index in [4.69, 9.17) is 0 Å². The molecule has 30 heteroatoms. The fourth-order valence-corrected chi connectivity index (χ4v) is 14.6. The summed E-state index contributed by atoms with van der Waals surface area (Å²) in [6.45, 7) is 8.19. The molecule has 0 radical (unpaired) electrons. The topological polar surface area (TPSA) is 418 Å². The molecule has 0 bridgehead atoms. The molecule has 12 rings (SSSR count). The first kappa shape index (κ1) is 89.0. The lowest BCUT2D eigenvalue weighted by Gasteiger charge is -2.29. The Morgan fingerprint density at radius 1 is 0.351 bits per heavy atom. The molecule has 0 aromatic heterocycles. The van der Waals surface area contributed by atoms with Gasteiger partial charge >= 0.3 is 0 Å². The Bertz CT molecular complexity index is 4450. The van der Waals surface area contributed by atoms with Gasteiger partial charge in [0.05, 0.1) is 54.5 Å². The van der Waals surface area contributed by atoms with Crippen LogP contribution in [0.2, 0.25) is 0 Å². The summed E-state index contributed by atoms with van der Waals surface area (Å²) in [4.78, 5) is 102. The molecule has 4 aliphatic rings. The van der Waals surface area contributed by atoms with Gasteiger partial charge in [-0.1, -0.05) is 215 Å². The Labute approximate surface area is 692 Å². The van der Waals surface area contributed by atoms with Gasteiger partial charge in [0.1, 0.15) is 0 Å². The van der Waals surface area contributed by atoms with Gasteiger partial charge < -0.3 is 92.8 Å². The summed E-state index contributed by atoms with van der Waals surface area (Å²) in [7, 11) is 0. The molecule has 2 aliphatic carbocycles. The van der Waals surface area contributed by atoms with Crippen molar-refractivity contribution in [1.82, 2.24) is 41.7 Å². The number of aliphatic hydroxyl groups is 10. The molecule has 114 heavy (non-hydrogen) atoms. The standard InChI is InChI=1S/C22H25BrN2O4.2C21H23BrN2O5.C20H21BrN2O4/c1-14(15-9-11-17(23)12-10-15)24-21(28)19(26)20(27)22(29)25-13-5-8-18(25)16-6-3-2-4-7-16;2*1-11(12-6-8-14(22)9-7-12)23-20(28)18(26)19(27)21(29)24-17-15-5-3-2-4-13(15)10-16(17)25;1-12(13-6-8-16(21)9-7-13)22-19(26)17(24)18(25)20(27)23-10-14-4-2-3-5-15(14)11-23/h2-4,6-7,9-12,14,18-20,26-27H,5,8,13H2,1H3,(H,24,28);2*2-9,11,16-19,25-27H,10H2,1H3,(H,23,28)(H,24,29);2-9,12,17-18,24-25H,10-11H2,1H3,(H,22,26)/t14-,18?,19+,20+;11-,16+,17-,18+,19+;11-,16-,17+,18+,19+;12-,17+,18+/m0000/s1. The number of fused-ring (bicyclic) bond motifs is 3. The van der Waals surface area contributed by atoms with Gasteiger partial charge in [0.25, 0.3) is 47.3 Å². The zero-order chi connectivity index (χ0) is 82.8. The predicted molar refractivity (Wildman–Crippen MR) is 436 cm³/mol. The molecule has 8 aromatic rings. The molecular formula is C84H92Br4N8O18. The summed E-state index contributed by atoms with van der Waals surface area (Å²) in [5.74, 6) is -6.44. The minimum atomic E-state index is -1.97. The second-order valence-corrected chi connectivity index (χ2v) is 31.8. The highest BCUT2D eigenvalue weighted by Crippen LogP contribution is 2.35. The number of benzene rings is 8. The van der Waals surface area contributed by atoms with Gasteiger partial charge in [0.2, 0.25) is 0 Å². The lowest BCUT2D eigenvalue weighted by atomic mass is 10.0. The molecule has 1 saturated heterocycles. The van der Waals surface area contributed by atoms with Crippen molar-refractivity contribution in [2.24, 2.45) is 0 Å². The zero-order valence-corrected chi connectivity index (χ0v) is 68.8. The van der Waals surface area contributed by atoms with Crippen molar-refractivity contribution in [2.75, 3.05) is 6.54 Å². The van der Waals surface area contributed by atoms with Crippen LogP contribution in [0.3, 0.4) is 0 Å². The Hall–Kier alpha value is -8.96. The van der Waals surface area contributed by atoms with Gasteiger partial charge in [-0.25, -0.2) is 0 Å². The number of nitrogens with one attached hydrogen (secondary N) is 6. The highest BCUT2D eigenvalue weighted by atomic mass is 79.9. The second kappa shape index (κ2) is 41.6.